The summed E-state index contributed by atoms with van der Waals surface area (Å²) in [5.74, 6) is 2.10. The maximum atomic E-state index is 12.0. The maximum absolute atomic E-state index is 12.0. The van der Waals surface area contributed by atoms with Gasteiger partial charge in [-0.2, -0.15) is 0 Å². The first-order chi connectivity index (χ1) is 33.4. The second-order valence-electron chi connectivity index (χ2n) is 18.1. The standard InChI is InChI=1S/C16H18O2.C14H21NO.C14H14.C12H17NO.4C2H6/c1-4-16(2,3)15(17)18-14-10-9-12-7-5-6-8-13(12)11-14;1-5-12(4)14(16)15-9-13-7-10(2)6-11(3)8-13;1-9-10(2)13-8-4-6-11-5-3-7-12(9)14(11)13;1-4-12(2,3)11(14)13-10-8-6-5-7-9-10;4*1-2/h5-11H,4H2,1-3H3;6-8,12H,5,9H2,1-4H3,(H,15,16);3-10H,1-2H3;5-9H,4H2,1-3H3,(H,13,14);4*1-2H3. The van der Waals surface area contributed by atoms with Crippen LogP contribution in [0.2, 0.25) is 0 Å². The van der Waals surface area contributed by atoms with Gasteiger partial charge in [-0.1, -0.05) is 225 Å². The Hall–Kier alpha value is -5.75. The maximum Gasteiger partial charge on any atom is 0.316 e. The highest BCUT2D eigenvalue weighted by atomic mass is 16.5. The number of hydrogen-bond acceptors (Lipinski definition) is 4. The van der Waals surface area contributed by atoms with E-state index in [0.29, 0.717) is 24.1 Å². The Morgan fingerprint density at radius 3 is 1.53 bits per heavy atom. The zero-order chi connectivity index (χ0) is 53.6. The van der Waals surface area contributed by atoms with Crippen molar-refractivity contribution in [2.75, 3.05) is 5.32 Å². The van der Waals surface area contributed by atoms with Gasteiger partial charge in [-0.15, -0.1) is 0 Å². The number of aryl methyl sites for hydroxylation is 2. The quantitative estimate of drug-likeness (QED) is 0.106. The first-order valence-corrected chi connectivity index (χ1v) is 26.3. The Morgan fingerprint density at radius 1 is 0.571 bits per heavy atom. The molecule has 1 aliphatic rings. The molecule has 2 N–H and O–H groups in total. The van der Waals surface area contributed by atoms with Gasteiger partial charge in [-0.05, 0) is 121 Å². The van der Waals surface area contributed by atoms with E-state index >= 15 is 0 Å². The first kappa shape index (κ1) is 64.2. The Balaban J connectivity index is 0.000000867. The summed E-state index contributed by atoms with van der Waals surface area (Å²) in [6, 6.07) is 43.0. The molecule has 3 unspecified atom stereocenters. The molecule has 6 heteroatoms. The summed E-state index contributed by atoms with van der Waals surface area (Å²) in [6.45, 7) is 41.1. The van der Waals surface area contributed by atoms with E-state index in [9.17, 15) is 14.4 Å². The van der Waals surface area contributed by atoms with Gasteiger partial charge in [0.05, 0.1) is 5.41 Å². The molecule has 0 fully saturated rings. The number of hydrogen-bond donors (Lipinski definition) is 2. The van der Waals surface area contributed by atoms with E-state index in [-0.39, 0.29) is 29.1 Å². The van der Waals surface area contributed by atoms with Crippen LogP contribution in [-0.2, 0) is 20.9 Å². The van der Waals surface area contributed by atoms with Gasteiger partial charge in [-0.3, -0.25) is 14.4 Å². The number of rotatable bonds is 10. The summed E-state index contributed by atoms with van der Waals surface area (Å²) < 4.78 is 5.44. The third kappa shape index (κ3) is 20.3. The molecule has 6 nitrogen and oxygen atoms in total. The van der Waals surface area contributed by atoms with Crippen LogP contribution in [0.25, 0.3) is 21.5 Å². The molecule has 2 amide bonds. The predicted molar refractivity (Wildman–Crippen MR) is 306 cm³/mol. The van der Waals surface area contributed by atoms with E-state index in [1.807, 2.05) is 184 Å². The molecule has 0 aliphatic heterocycles. The summed E-state index contributed by atoms with van der Waals surface area (Å²) in [7, 11) is 0. The third-order valence-electron chi connectivity index (χ3n) is 12.4. The van der Waals surface area contributed by atoms with Crippen LogP contribution in [0.3, 0.4) is 0 Å². The van der Waals surface area contributed by atoms with Crippen molar-refractivity contribution in [3.63, 3.8) is 0 Å². The van der Waals surface area contributed by atoms with Crippen molar-refractivity contribution in [3.05, 3.63) is 155 Å². The van der Waals surface area contributed by atoms with Crippen molar-refractivity contribution < 1.29 is 19.1 Å². The smallest absolute Gasteiger partial charge is 0.316 e. The van der Waals surface area contributed by atoms with Gasteiger partial charge in [0.15, 0.2) is 0 Å². The fourth-order valence-electron chi connectivity index (χ4n) is 7.02. The van der Waals surface area contributed by atoms with E-state index < -0.39 is 5.41 Å². The number of fused-ring (bicyclic) bond motifs is 1. The van der Waals surface area contributed by atoms with Crippen LogP contribution < -0.4 is 15.4 Å². The molecule has 70 heavy (non-hydrogen) atoms. The van der Waals surface area contributed by atoms with Gasteiger partial charge >= 0.3 is 5.97 Å². The van der Waals surface area contributed by atoms with Gasteiger partial charge < -0.3 is 15.4 Å². The van der Waals surface area contributed by atoms with Crippen LogP contribution in [0.4, 0.5) is 5.69 Å². The molecule has 3 atom stereocenters. The van der Waals surface area contributed by atoms with Crippen LogP contribution in [-0.4, -0.2) is 17.8 Å². The van der Waals surface area contributed by atoms with E-state index in [0.717, 1.165) is 35.7 Å². The molecular weight excluding hydrogens is 861 g/mol. The first-order valence-electron chi connectivity index (χ1n) is 26.3. The van der Waals surface area contributed by atoms with Crippen molar-refractivity contribution >= 4 is 45.0 Å². The van der Waals surface area contributed by atoms with E-state index in [2.05, 4.69) is 92.9 Å². The van der Waals surface area contributed by atoms with Crippen molar-refractivity contribution in [1.82, 2.24) is 5.32 Å². The summed E-state index contributed by atoms with van der Waals surface area (Å²) in [5, 5.41) is 11.0. The minimum Gasteiger partial charge on any atom is -0.426 e. The second kappa shape index (κ2) is 33.7. The number of ether oxygens (including phenoxy) is 1. The summed E-state index contributed by atoms with van der Waals surface area (Å²) in [4.78, 5) is 35.3. The number of carbonyl (C=O) groups excluding carboxylic acids is 3. The van der Waals surface area contributed by atoms with Crippen LogP contribution in [0.5, 0.6) is 5.75 Å². The van der Waals surface area contributed by atoms with Crippen molar-refractivity contribution in [2.24, 2.45) is 16.7 Å². The molecule has 6 aromatic carbocycles. The largest absolute Gasteiger partial charge is 0.426 e. The van der Waals surface area contributed by atoms with Gasteiger partial charge in [0, 0.05) is 23.6 Å². The average molecular weight is 955 g/mol. The SMILES string of the molecule is CC.CC.CC.CC.CC1c2cccc3cccc(c23)C1C.CCC(C)(C)C(=O)Nc1ccccc1.CCC(C)(C)C(=O)Oc1ccc2ccccc2c1.CCC(C)C(=O)NCc1cc(C)cc(C)c1. The molecule has 6 aromatic rings. The minimum atomic E-state index is -0.439. The van der Waals surface area contributed by atoms with E-state index in [1.54, 1.807) is 0 Å². The lowest BCUT2D eigenvalue weighted by molar-refractivity contribution is -0.144. The highest BCUT2D eigenvalue weighted by Gasteiger charge is 2.28. The Labute approximate surface area is 426 Å². The number of nitrogens with one attached hydrogen (secondary N) is 2. The summed E-state index contributed by atoms with van der Waals surface area (Å²) >= 11 is 0. The van der Waals surface area contributed by atoms with Crippen LogP contribution in [0, 0.1) is 30.6 Å². The molecule has 0 radical (unpaired) electrons. The van der Waals surface area contributed by atoms with Crippen molar-refractivity contribution in [1.29, 1.82) is 0 Å². The fourth-order valence-corrected chi connectivity index (χ4v) is 7.02. The predicted octanol–water partition coefficient (Wildman–Crippen LogP) is 18.4. The van der Waals surface area contributed by atoms with Gasteiger partial charge in [0.2, 0.25) is 11.8 Å². The van der Waals surface area contributed by atoms with Crippen LogP contribution in [0.15, 0.2) is 127 Å². The van der Waals surface area contributed by atoms with Crippen molar-refractivity contribution in [2.45, 2.75) is 176 Å². The lowest BCUT2D eigenvalue weighted by atomic mass is 9.89. The highest BCUT2D eigenvalue weighted by Crippen LogP contribution is 2.45. The monoisotopic (exact) mass is 955 g/mol. The number of para-hydroxylation sites is 1. The molecule has 0 aromatic heterocycles. The molecule has 0 bridgehead atoms. The Kier molecular flexibility index (Phi) is 31.0. The zero-order valence-electron chi connectivity index (χ0n) is 47.3. The molecule has 1 aliphatic carbocycles. The fraction of sp³-hybridized carbons (Fsp3) is 0.453. The number of carbonyl (C=O) groups is 3. The van der Waals surface area contributed by atoms with Crippen molar-refractivity contribution in [3.8, 4) is 5.75 Å². The normalized spacial score (nSPS) is 13.2. The number of amides is 2. The minimum absolute atomic E-state index is 0.0752. The number of esters is 1. The summed E-state index contributed by atoms with van der Waals surface area (Å²) in [6.07, 6.45) is 2.49. The Morgan fingerprint density at radius 2 is 1.04 bits per heavy atom. The number of anilines is 1. The molecule has 0 heterocycles. The van der Waals surface area contributed by atoms with Gasteiger partial charge in [0.1, 0.15) is 5.75 Å². The van der Waals surface area contributed by atoms with Crippen LogP contribution in [0.1, 0.15) is 184 Å². The molecule has 0 saturated carbocycles. The van der Waals surface area contributed by atoms with Crippen LogP contribution >= 0.6 is 0 Å². The lowest BCUT2D eigenvalue weighted by Crippen LogP contribution is -2.29. The van der Waals surface area contributed by atoms with E-state index in [1.165, 1.54) is 38.6 Å². The lowest BCUT2D eigenvalue weighted by Gasteiger charge is -2.21. The molecule has 384 valence electrons. The van der Waals surface area contributed by atoms with Gasteiger partial charge in [-0.25, -0.2) is 0 Å². The third-order valence-corrected chi connectivity index (χ3v) is 12.4. The highest BCUT2D eigenvalue weighted by molar-refractivity contribution is 5.95. The molecule has 0 spiro atoms. The zero-order valence-corrected chi connectivity index (χ0v) is 47.3. The topological polar surface area (TPSA) is 84.5 Å². The molecule has 7 rings (SSSR count). The molecule has 0 saturated heterocycles. The summed E-state index contributed by atoms with van der Waals surface area (Å²) in [5.41, 5.74) is 6.85. The number of benzene rings is 6. The Bertz CT molecular complexity index is 2350. The van der Waals surface area contributed by atoms with E-state index in [4.69, 9.17) is 4.74 Å². The molecular formula is C64H94N2O4. The van der Waals surface area contributed by atoms with Gasteiger partial charge in [0.25, 0.3) is 0 Å². The second-order valence-corrected chi connectivity index (χ2v) is 18.1. The average Bonchev–Trinajstić information content (AvgIpc) is 3.64.